The highest BCUT2D eigenvalue weighted by atomic mass is 32.2. The number of carboxylic acid groups (broad SMARTS) is 1. The normalized spacial score (nSPS) is 21.0. The summed E-state index contributed by atoms with van der Waals surface area (Å²) in [5, 5.41) is 23.6. The third-order valence-electron chi connectivity index (χ3n) is 10.5. The molecule has 10 atom stereocenters. The fourth-order valence-corrected chi connectivity index (χ4v) is 7.52. The number of aldehydes is 6. The predicted molar refractivity (Wildman–Crippen MR) is 226 cm³/mol. The molecular formula is C39H64N10O12S. The highest BCUT2D eigenvalue weighted by Gasteiger charge is 2.49. The van der Waals surface area contributed by atoms with Crippen LogP contribution in [-0.4, -0.2) is 198 Å². The van der Waals surface area contributed by atoms with Gasteiger partial charge in [0.25, 0.3) is 17.7 Å². The van der Waals surface area contributed by atoms with Crippen LogP contribution in [0.15, 0.2) is 0 Å². The van der Waals surface area contributed by atoms with Crippen LogP contribution < -0.4 is 32.3 Å². The zero-order chi connectivity index (χ0) is 46.7. The minimum Gasteiger partial charge on any atom is -0.481 e. The summed E-state index contributed by atoms with van der Waals surface area (Å²) < 4.78 is 0. The SMILES string of the molecule is CSCC[C@@H](C=O)N[C@@H](C(=O)N1CCN([C@H](C=O)N[C@H](C=O)C(C)C)C(=O)[C@@H]1N[C@@H](C)C=O)N1CCN(C(=O)[C@@H](CN)N[C@H](C=O)CC(C)C)[C@@H](N[C@H](C=O)CCC(=O)O)C1=O. The molecule has 0 aromatic heterocycles. The van der Waals surface area contributed by atoms with Gasteiger partial charge in [0.2, 0.25) is 5.91 Å². The predicted octanol–water partition coefficient (Wildman–Crippen LogP) is -3.72. The summed E-state index contributed by atoms with van der Waals surface area (Å²) >= 11 is 1.41. The summed E-state index contributed by atoms with van der Waals surface area (Å²) in [4.78, 5) is 147. The second kappa shape index (κ2) is 26.8. The van der Waals surface area contributed by atoms with Crippen LogP contribution in [0.2, 0.25) is 0 Å². The summed E-state index contributed by atoms with van der Waals surface area (Å²) in [5.41, 5.74) is 6.00. The number of nitrogens with one attached hydrogen (secondary N) is 5. The van der Waals surface area contributed by atoms with Crippen molar-refractivity contribution in [3.63, 3.8) is 0 Å². The van der Waals surface area contributed by atoms with Crippen LogP contribution in [0, 0.1) is 11.8 Å². The third kappa shape index (κ3) is 15.1. The molecule has 2 fully saturated rings. The van der Waals surface area contributed by atoms with Crippen molar-refractivity contribution in [1.29, 1.82) is 0 Å². The lowest BCUT2D eigenvalue weighted by molar-refractivity contribution is -0.167. The summed E-state index contributed by atoms with van der Waals surface area (Å²) in [5.74, 6) is -4.43. The fourth-order valence-electron chi connectivity index (χ4n) is 7.03. The number of rotatable bonds is 30. The molecule has 22 nitrogen and oxygen atoms in total. The number of aliphatic carboxylic acids is 1. The molecule has 0 spiro atoms. The van der Waals surface area contributed by atoms with Crippen molar-refractivity contribution in [3.05, 3.63) is 0 Å². The number of carboxylic acids is 1. The van der Waals surface area contributed by atoms with E-state index in [0.29, 0.717) is 49.9 Å². The molecule has 0 bridgehead atoms. The van der Waals surface area contributed by atoms with E-state index >= 15 is 0 Å². The second-order valence-corrected chi connectivity index (χ2v) is 16.9. The number of carbonyl (C=O) groups excluding carboxylic acids is 10. The van der Waals surface area contributed by atoms with Gasteiger partial charge in [-0.2, -0.15) is 11.8 Å². The highest BCUT2D eigenvalue weighted by Crippen LogP contribution is 2.21. The molecule has 23 heteroatoms. The number of nitrogens with zero attached hydrogens (tertiary/aromatic N) is 4. The van der Waals surface area contributed by atoms with Crippen LogP contribution in [0.25, 0.3) is 0 Å². The first-order valence-corrected chi connectivity index (χ1v) is 22.0. The van der Waals surface area contributed by atoms with Gasteiger partial charge in [-0.05, 0) is 50.0 Å². The van der Waals surface area contributed by atoms with Crippen LogP contribution in [0.3, 0.4) is 0 Å². The van der Waals surface area contributed by atoms with E-state index in [4.69, 9.17) is 5.73 Å². The Labute approximate surface area is 365 Å². The molecule has 62 heavy (non-hydrogen) atoms. The van der Waals surface area contributed by atoms with Gasteiger partial charge >= 0.3 is 5.97 Å². The number of hydrogen-bond acceptors (Lipinski definition) is 18. The van der Waals surface area contributed by atoms with Crippen molar-refractivity contribution in [2.75, 3.05) is 44.7 Å². The van der Waals surface area contributed by atoms with Crippen molar-refractivity contribution in [1.82, 2.24) is 46.2 Å². The first kappa shape index (κ1) is 53.6. The maximum absolute atomic E-state index is 15.0. The Balaban J connectivity index is 2.71. The number of nitrogens with two attached hydrogens (primary N) is 1. The lowest BCUT2D eigenvalue weighted by atomic mass is 10.0. The highest BCUT2D eigenvalue weighted by molar-refractivity contribution is 7.98. The van der Waals surface area contributed by atoms with Gasteiger partial charge in [-0.1, -0.05) is 27.7 Å². The zero-order valence-corrected chi connectivity index (χ0v) is 37.0. The zero-order valence-electron chi connectivity index (χ0n) is 36.2. The summed E-state index contributed by atoms with van der Waals surface area (Å²) in [7, 11) is 0. The van der Waals surface area contributed by atoms with E-state index in [0.717, 1.165) is 19.6 Å². The van der Waals surface area contributed by atoms with E-state index in [1.807, 2.05) is 13.8 Å². The van der Waals surface area contributed by atoms with E-state index in [1.165, 1.54) is 18.7 Å². The fraction of sp³-hybridized carbons (Fsp3) is 0.718. The van der Waals surface area contributed by atoms with E-state index in [2.05, 4.69) is 26.6 Å². The molecule has 0 radical (unpaired) electrons. The van der Waals surface area contributed by atoms with Crippen LogP contribution in [0.1, 0.15) is 60.3 Å². The maximum atomic E-state index is 15.0. The topological polar surface area (TPSA) is 307 Å². The van der Waals surface area contributed by atoms with E-state index in [9.17, 15) is 57.8 Å². The molecule has 0 unspecified atom stereocenters. The minimum absolute atomic E-state index is 0.0546. The molecule has 0 saturated carbocycles. The molecule has 4 amide bonds. The Hall–Kier alpha value is -4.52. The van der Waals surface area contributed by atoms with Gasteiger partial charge in [0.1, 0.15) is 37.6 Å². The number of piperazine rings is 2. The maximum Gasteiger partial charge on any atom is 0.303 e. The van der Waals surface area contributed by atoms with E-state index < -0.39 is 96.9 Å². The molecule has 8 N–H and O–H groups in total. The molecule has 348 valence electrons. The summed E-state index contributed by atoms with van der Waals surface area (Å²) in [6.07, 6.45) is -1.66. The Bertz CT molecular complexity index is 1580. The average molecular weight is 897 g/mol. The van der Waals surface area contributed by atoms with Crippen LogP contribution in [0.4, 0.5) is 0 Å². The minimum atomic E-state index is -1.71. The van der Waals surface area contributed by atoms with Crippen molar-refractivity contribution < 1.29 is 57.8 Å². The van der Waals surface area contributed by atoms with Gasteiger partial charge in [-0.15, -0.1) is 0 Å². The Kier molecular flexibility index (Phi) is 23.2. The van der Waals surface area contributed by atoms with Crippen molar-refractivity contribution in [2.45, 2.75) is 121 Å². The van der Waals surface area contributed by atoms with Crippen molar-refractivity contribution in [2.24, 2.45) is 17.6 Å². The van der Waals surface area contributed by atoms with E-state index in [1.54, 1.807) is 20.1 Å². The Morgan fingerprint density at radius 2 is 1.31 bits per heavy atom. The van der Waals surface area contributed by atoms with Crippen LogP contribution in [0.5, 0.6) is 0 Å². The van der Waals surface area contributed by atoms with Crippen LogP contribution in [-0.2, 0) is 52.7 Å². The molecular weight excluding hydrogens is 833 g/mol. The lowest BCUT2D eigenvalue weighted by Gasteiger charge is -2.48. The molecule has 0 aromatic rings. The molecule has 2 saturated heterocycles. The largest absolute Gasteiger partial charge is 0.481 e. The van der Waals surface area contributed by atoms with E-state index in [-0.39, 0.29) is 57.4 Å². The molecule has 2 aliphatic heterocycles. The first-order chi connectivity index (χ1) is 29.5. The standard InChI is InChI=1S/C39H64N10O12S/c1-23(2)15-28(20-53)42-29(16-40)36(58)47-12-13-49(38(60)34(47)43-26(18-51)7-8-32(56)57)35(44-27(19-52)9-14-62-6)39(61)48-11-10-46(37(59)33(48)41-25(5)17-50)31(22-55)45-30(21-54)24(3)4/h17-31,33-35,41-45H,7-16,40H2,1-6H3,(H,56,57)/t25-,26-,27-,28-,29+,30+,31+,33+,34+,35+/m0/s1. The van der Waals surface area contributed by atoms with Gasteiger partial charge < -0.3 is 54.4 Å². The third-order valence-corrected chi connectivity index (χ3v) is 11.1. The molecule has 0 aliphatic carbocycles. The number of amides is 4. The van der Waals surface area contributed by atoms with Crippen molar-refractivity contribution >= 4 is 79.1 Å². The average Bonchev–Trinajstić information content (AvgIpc) is 3.24. The van der Waals surface area contributed by atoms with Gasteiger partial charge in [0.15, 0.2) is 24.8 Å². The summed E-state index contributed by atoms with van der Waals surface area (Å²) in [6, 6.07) is -6.13. The summed E-state index contributed by atoms with van der Waals surface area (Å²) in [6.45, 7) is 7.19. The van der Waals surface area contributed by atoms with Gasteiger partial charge in [0, 0.05) is 39.1 Å². The van der Waals surface area contributed by atoms with Gasteiger partial charge in [0.05, 0.1) is 36.3 Å². The Morgan fingerprint density at radius 3 is 1.81 bits per heavy atom. The molecule has 2 rings (SSSR count). The monoisotopic (exact) mass is 896 g/mol. The second-order valence-electron chi connectivity index (χ2n) is 15.9. The van der Waals surface area contributed by atoms with Gasteiger partial charge in [-0.3, -0.25) is 55.4 Å². The quantitative estimate of drug-likeness (QED) is 0.0341. The lowest BCUT2D eigenvalue weighted by Crippen LogP contribution is -2.75. The Morgan fingerprint density at radius 1 is 0.726 bits per heavy atom. The number of hydrogen-bond donors (Lipinski definition) is 7. The smallest absolute Gasteiger partial charge is 0.303 e. The number of carbonyl (C=O) groups is 11. The van der Waals surface area contributed by atoms with Gasteiger partial charge in [-0.25, -0.2) is 0 Å². The molecule has 0 aromatic carbocycles. The first-order valence-electron chi connectivity index (χ1n) is 20.6. The molecule has 2 heterocycles. The molecule has 2 aliphatic rings. The number of thioether (sulfide) groups is 1. The van der Waals surface area contributed by atoms with Crippen LogP contribution >= 0.6 is 11.8 Å². The van der Waals surface area contributed by atoms with Crippen molar-refractivity contribution in [3.8, 4) is 0 Å².